The lowest BCUT2D eigenvalue weighted by atomic mass is 9.93. The molecule has 0 bridgehead atoms. The second-order valence-electron chi connectivity index (χ2n) is 8.54. The van der Waals surface area contributed by atoms with E-state index in [1.807, 2.05) is 30.3 Å². The number of fused-ring (bicyclic) bond motifs is 1. The predicted molar refractivity (Wildman–Crippen MR) is 127 cm³/mol. The van der Waals surface area contributed by atoms with Crippen LogP contribution in [0.3, 0.4) is 0 Å². The number of carbonyl (C=O) groups is 2. The van der Waals surface area contributed by atoms with Crippen molar-refractivity contribution in [2.75, 3.05) is 20.3 Å². The summed E-state index contributed by atoms with van der Waals surface area (Å²) in [4.78, 5) is 27.9. The first-order valence-electron chi connectivity index (χ1n) is 11.2. The van der Waals surface area contributed by atoms with Gasteiger partial charge in [-0.3, -0.25) is 9.59 Å². The summed E-state index contributed by atoms with van der Waals surface area (Å²) in [6.45, 7) is 0.826. The Kier molecular flexibility index (Phi) is 5.71. The highest BCUT2D eigenvalue weighted by atomic mass is 16.5. The summed E-state index contributed by atoms with van der Waals surface area (Å²) < 4.78 is 10.9. The molecule has 0 radical (unpaired) electrons. The zero-order chi connectivity index (χ0) is 23.8. The fourth-order valence-electron chi connectivity index (χ4n) is 4.88. The first-order chi connectivity index (χ1) is 16.5. The van der Waals surface area contributed by atoms with Gasteiger partial charge in [0.1, 0.15) is 5.76 Å². The smallest absolute Gasteiger partial charge is 0.295 e. The molecule has 174 valence electrons. The lowest BCUT2D eigenvalue weighted by molar-refractivity contribution is -0.140. The van der Waals surface area contributed by atoms with Crippen LogP contribution in [0.2, 0.25) is 0 Å². The number of aliphatic hydroxyl groups is 1. The van der Waals surface area contributed by atoms with Crippen LogP contribution in [0.4, 0.5) is 0 Å². The van der Waals surface area contributed by atoms with E-state index >= 15 is 0 Å². The molecule has 3 aromatic rings. The van der Waals surface area contributed by atoms with Crippen molar-refractivity contribution >= 4 is 28.2 Å². The number of ether oxygens (including phenoxy) is 2. The number of likely N-dealkylation sites (tertiary alicyclic amines) is 1. The van der Waals surface area contributed by atoms with Crippen LogP contribution in [-0.2, 0) is 14.3 Å². The van der Waals surface area contributed by atoms with E-state index in [0.29, 0.717) is 17.7 Å². The average molecular weight is 459 g/mol. The number of nitrogens with zero attached hydrogens (tertiary/aromatic N) is 1. The Bertz CT molecular complexity index is 1300. The molecule has 0 aliphatic carbocycles. The van der Waals surface area contributed by atoms with Crippen molar-refractivity contribution in [3.63, 3.8) is 0 Å². The van der Waals surface area contributed by atoms with E-state index in [4.69, 9.17) is 9.47 Å². The number of hydrogen-bond donors (Lipinski definition) is 2. The Morgan fingerprint density at radius 3 is 2.65 bits per heavy atom. The number of amides is 1. The fraction of sp³-hybridized carbons (Fsp3) is 0.259. The molecule has 2 fully saturated rings. The molecule has 0 spiro atoms. The minimum Gasteiger partial charge on any atom is -0.507 e. The van der Waals surface area contributed by atoms with Crippen molar-refractivity contribution in [3.8, 4) is 11.5 Å². The van der Waals surface area contributed by atoms with Gasteiger partial charge >= 0.3 is 0 Å². The van der Waals surface area contributed by atoms with Crippen molar-refractivity contribution in [2.45, 2.75) is 25.0 Å². The van der Waals surface area contributed by atoms with Gasteiger partial charge in [-0.15, -0.1) is 0 Å². The molecule has 2 saturated heterocycles. The number of ketones is 1. The third kappa shape index (κ3) is 3.68. The molecule has 3 aromatic carbocycles. The van der Waals surface area contributed by atoms with Crippen molar-refractivity contribution in [1.29, 1.82) is 0 Å². The molecular formula is C27H25NO6. The van der Waals surface area contributed by atoms with E-state index in [1.54, 1.807) is 24.3 Å². The highest BCUT2D eigenvalue weighted by molar-refractivity contribution is 6.46. The number of phenolic OH excluding ortho intramolecular Hbond substituents is 1. The lowest BCUT2D eigenvalue weighted by Gasteiger charge is -2.27. The van der Waals surface area contributed by atoms with Gasteiger partial charge in [-0.2, -0.15) is 0 Å². The Morgan fingerprint density at radius 2 is 1.91 bits per heavy atom. The molecule has 0 aromatic heterocycles. The zero-order valence-corrected chi connectivity index (χ0v) is 18.7. The number of rotatable bonds is 5. The molecule has 2 aliphatic rings. The molecule has 34 heavy (non-hydrogen) atoms. The molecule has 7 nitrogen and oxygen atoms in total. The lowest BCUT2D eigenvalue weighted by Crippen LogP contribution is -2.36. The van der Waals surface area contributed by atoms with Gasteiger partial charge in [-0.25, -0.2) is 0 Å². The van der Waals surface area contributed by atoms with E-state index in [2.05, 4.69) is 0 Å². The minimum absolute atomic E-state index is 0.0103. The van der Waals surface area contributed by atoms with Crippen LogP contribution in [0, 0.1) is 0 Å². The Morgan fingerprint density at radius 1 is 1.12 bits per heavy atom. The molecule has 7 heteroatoms. The third-order valence-corrected chi connectivity index (χ3v) is 6.53. The third-order valence-electron chi connectivity index (χ3n) is 6.53. The van der Waals surface area contributed by atoms with Gasteiger partial charge in [-0.05, 0) is 41.3 Å². The summed E-state index contributed by atoms with van der Waals surface area (Å²) in [5, 5.41) is 23.5. The predicted octanol–water partition coefficient (Wildman–Crippen LogP) is 4.15. The van der Waals surface area contributed by atoms with Crippen LogP contribution in [0.25, 0.3) is 16.5 Å². The molecule has 2 N–H and O–H groups in total. The van der Waals surface area contributed by atoms with Crippen LogP contribution in [0.15, 0.2) is 66.2 Å². The number of Topliss-reactive ketones (excluding diaryl/α,β-unsaturated/α-hetero) is 1. The highest BCUT2D eigenvalue weighted by Crippen LogP contribution is 2.43. The molecule has 2 atom stereocenters. The maximum Gasteiger partial charge on any atom is 0.295 e. The normalized spacial score (nSPS) is 22.0. The van der Waals surface area contributed by atoms with Crippen LogP contribution < -0.4 is 4.74 Å². The molecule has 2 unspecified atom stereocenters. The highest BCUT2D eigenvalue weighted by Gasteiger charge is 2.47. The molecule has 2 aliphatic heterocycles. The molecule has 0 saturated carbocycles. The Balaban J connectivity index is 1.69. The van der Waals surface area contributed by atoms with Gasteiger partial charge in [0.2, 0.25) is 0 Å². The van der Waals surface area contributed by atoms with Gasteiger partial charge in [0, 0.05) is 18.7 Å². The molecule has 1 amide bonds. The second kappa shape index (κ2) is 8.83. The quantitative estimate of drug-likeness (QED) is 0.338. The standard InChI is InChI=1S/C27H25NO6/c1-33-22-12-11-17(14-21(22)29)24-23(26(31)27(32)28(24)15-18-8-5-13-34-18)25(30)20-10-4-7-16-6-2-3-9-19(16)20/h2-4,6-7,9-12,14,18,24,29-30H,5,8,13,15H2,1H3/b25-23-. The van der Waals surface area contributed by atoms with Gasteiger partial charge in [0.15, 0.2) is 11.5 Å². The maximum absolute atomic E-state index is 13.3. The summed E-state index contributed by atoms with van der Waals surface area (Å²) in [6, 6.07) is 16.8. The van der Waals surface area contributed by atoms with Gasteiger partial charge < -0.3 is 24.6 Å². The summed E-state index contributed by atoms with van der Waals surface area (Å²) in [6.07, 6.45) is 1.48. The van der Waals surface area contributed by atoms with Gasteiger partial charge in [0.05, 0.1) is 24.8 Å². The Labute approximate surface area is 196 Å². The van der Waals surface area contributed by atoms with Gasteiger partial charge in [-0.1, -0.05) is 48.5 Å². The monoisotopic (exact) mass is 459 g/mol. The number of methoxy groups -OCH3 is 1. The number of hydrogen-bond acceptors (Lipinski definition) is 6. The number of benzene rings is 3. The van der Waals surface area contributed by atoms with Crippen LogP contribution in [0.5, 0.6) is 11.5 Å². The van der Waals surface area contributed by atoms with Crippen LogP contribution in [0.1, 0.15) is 30.0 Å². The molecule has 5 rings (SSSR count). The fourth-order valence-corrected chi connectivity index (χ4v) is 4.88. The van der Waals surface area contributed by atoms with E-state index in [-0.39, 0.29) is 35.5 Å². The van der Waals surface area contributed by atoms with E-state index in [9.17, 15) is 19.8 Å². The van der Waals surface area contributed by atoms with Crippen molar-refractivity contribution in [1.82, 2.24) is 4.90 Å². The zero-order valence-electron chi connectivity index (χ0n) is 18.7. The number of aromatic hydroxyl groups is 1. The summed E-state index contributed by atoms with van der Waals surface area (Å²) >= 11 is 0. The first kappa shape index (κ1) is 22.0. The van der Waals surface area contributed by atoms with E-state index in [0.717, 1.165) is 23.6 Å². The number of phenols is 1. The maximum atomic E-state index is 13.3. The second-order valence-corrected chi connectivity index (χ2v) is 8.54. The van der Waals surface area contributed by atoms with Gasteiger partial charge in [0.25, 0.3) is 11.7 Å². The average Bonchev–Trinajstić information content (AvgIpc) is 3.45. The summed E-state index contributed by atoms with van der Waals surface area (Å²) in [7, 11) is 1.44. The number of aliphatic hydroxyl groups excluding tert-OH is 1. The topological polar surface area (TPSA) is 96.3 Å². The minimum atomic E-state index is -0.875. The number of carbonyl (C=O) groups excluding carboxylic acids is 2. The SMILES string of the molecule is COc1ccc(C2/C(=C(/O)c3cccc4ccccc34)C(=O)C(=O)N2CC2CCCO2)cc1O. The van der Waals surface area contributed by atoms with E-state index in [1.165, 1.54) is 18.1 Å². The van der Waals surface area contributed by atoms with Crippen LogP contribution in [-0.4, -0.2) is 53.2 Å². The first-order valence-corrected chi connectivity index (χ1v) is 11.2. The van der Waals surface area contributed by atoms with Crippen molar-refractivity contribution in [3.05, 3.63) is 77.4 Å². The van der Waals surface area contributed by atoms with Crippen molar-refractivity contribution < 1.29 is 29.3 Å². The molecule has 2 heterocycles. The summed E-state index contributed by atoms with van der Waals surface area (Å²) in [5.41, 5.74) is 0.956. The summed E-state index contributed by atoms with van der Waals surface area (Å²) in [5.74, 6) is -1.55. The molecular weight excluding hydrogens is 434 g/mol. The largest absolute Gasteiger partial charge is 0.507 e. The van der Waals surface area contributed by atoms with Crippen molar-refractivity contribution in [2.24, 2.45) is 0 Å². The van der Waals surface area contributed by atoms with Crippen LogP contribution >= 0.6 is 0 Å². The Hall–Kier alpha value is -3.84. The van der Waals surface area contributed by atoms with E-state index < -0.39 is 17.7 Å².